The molecule has 4 rings (SSSR count). The number of hydrogen-bond donors (Lipinski definition) is 0. The van der Waals surface area contributed by atoms with Gasteiger partial charge in [0.15, 0.2) is 5.43 Å². The second kappa shape index (κ2) is 7.13. The van der Waals surface area contributed by atoms with Crippen LogP contribution >= 0.6 is 0 Å². The van der Waals surface area contributed by atoms with Gasteiger partial charge < -0.3 is 19.0 Å². The van der Waals surface area contributed by atoms with Crippen molar-refractivity contribution in [2.45, 2.75) is 6.04 Å². The van der Waals surface area contributed by atoms with Crippen LogP contribution in [0.3, 0.4) is 0 Å². The maximum absolute atomic E-state index is 13.3. The molecule has 6 heteroatoms. The van der Waals surface area contributed by atoms with Gasteiger partial charge in [-0.05, 0) is 32.3 Å². The van der Waals surface area contributed by atoms with Gasteiger partial charge in [-0.25, -0.2) is 0 Å². The molecule has 0 N–H and O–H groups in total. The Kier molecular flexibility index (Phi) is 4.65. The molecule has 1 amide bonds. The number of hydrogen-bond acceptors (Lipinski definition) is 5. The third kappa shape index (κ3) is 2.86. The molecule has 0 aliphatic carbocycles. The largest absolute Gasteiger partial charge is 0.496 e. The van der Waals surface area contributed by atoms with E-state index < -0.39 is 6.04 Å². The Morgan fingerprint density at radius 3 is 2.54 bits per heavy atom. The summed E-state index contributed by atoms with van der Waals surface area (Å²) in [5.74, 6) is 0.490. The van der Waals surface area contributed by atoms with Gasteiger partial charge in [-0.15, -0.1) is 0 Å². The summed E-state index contributed by atoms with van der Waals surface area (Å²) in [7, 11) is 5.48. The van der Waals surface area contributed by atoms with Gasteiger partial charge in [-0.2, -0.15) is 0 Å². The zero-order chi connectivity index (χ0) is 19.8. The summed E-state index contributed by atoms with van der Waals surface area (Å²) in [6.45, 7) is 1.13. The summed E-state index contributed by atoms with van der Waals surface area (Å²) in [4.78, 5) is 30.3. The molecule has 1 aromatic heterocycles. The highest BCUT2D eigenvalue weighted by atomic mass is 16.5. The number of nitrogens with zero attached hydrogens (tertiary/aromatic N) is 2. The first kappa shape index (κ1) is 18.3. The fraction of sp³-hybridized carbons (Fsp3) is 0.273. The van der Waals surface area contributed by atoms with E-state index in [1.165, 1.54) is 0 Å². The normalized spacial score (nSPS) is 16.1. The lowest BCUT2D eigenvalue weighted by Gasteiger charge is -2.27. The van der Waals surface area contributed by atoms with Crippen molar-refractivity contribution in [2.75, 3.05) is 34.3 Å². The van der Waals surface area contributed by atoms with E-state index >= 15 is 0 Å². The molecule has 1 atom stereocenters. The molecule has 0 bridgehead atoms. The number of benzene rings is 2. The van der Waals surface area contributed by atoms with Gasteiger partial charge in [0.05, 0.1) is 24.1 Å². The number of rotatable bonds is 5. The van der Waals surface area contributed by atoms with Gasteiger partial charge in [-0.1, -0.05) is 30.3 Å². The third-order valence-corrected chi connectivity index (χ3v) is 5.09. The Morgan fingerprint density at radius 1 is 1.07 bits per heavy atom. The number of ether oxygens (including phenoxy) is 1. The predicted molar refractivity (Wildman–Crippen MR) is 107 cm³/mol. The molecule has 2 aromatic carbocycles. The zero-order valence-corrected chi connectivity index (χ0v) is 16.1. The molecule has 0 saturated heterocycles. The molecular formula is C22H22N2O4. The Bertz CT molecular complexity index is 1100. The monoisotopic (exact) mass is 378 g/mol. The van der Waals surface area contributed by atoms with Crippen molar-refractivity contribution < 1.29 is 13.9 Å². The van der Waals surface area contributed by atoms with Crippen LogP contribution in [0.5, 0.6) is 5.75 Å². The number of methoxy groups -OCH3 is 1. The van der Waals surface area contributed by atoms with E-state index in [1.54, 1.807) is 36.3 Å². The zero-order valence-electron chi connectivity index (χ0n) is 16.1. The lowest BCUT2D eigenvalue weighted by Crippen LogP contribution is -2.35. The average Bonchev–Trinajstić information content (AvgIpc) is 2.98. The van der Waals surface area contributed by atoms with E-state index in [-0.39, 0.29) is 17.1 Å². The van der Waals surface area contributed by atoms with Crippen LogP contribution in [0.4, 0.5) is 0 Å². The van der Waals surface area contributed by atoms with E-state index in [0.717, 1.165) is 5.56 Å². The van der Waals surface area contributed by atoms with Crippen molar-refractivity contribution >= 4 is 16.9 Å². The quantitative estimate of drug-likeness (QED) is 0.683. The van der Waals surface area contributed by atoms with Gasteiger partial charge in [0, 0.05) is 18.7 Å². The molecule has 0 saturated carbocycles. The lowest BCUT2D eigenvalue weighted by atomic mass is 9.97. The molecule has 2 heterocycles. The number of amides is 1. The molecule has 1 aliphatic rings. The van der Waals surface area contributed by atoms with Crippen LogP contribution in [-0.2, 0) is 0 Å². The van der Waals surface area contributed by atoms with Crippen molar-refractivity contribution in [1.82, 2.24) is 9.80 Å². The van der Waals surface area contributed by atoms with E-state index in [9.17, 15) is 9.59 Å². The van der Waals surface area contributed by atoms with E-state index in [0.29, 0.717) is 35.4 Å². The number of para-hydroxylation sites is 2. The molecule has 1 aliphatic heterocycles. The van der Waals surface area contributed by atoms with Crippen LogP contribution in [0, 0.1) is 0 Å². The summed E-state index contributed by atoms with van der Waals surface area (Å²) >= 11 is 0. The highest BCUT2D eigenvalue weighted by molar-refractivity contribution is 5.99. The smallest absolute Gasteiger partial charge is 0.290 e. The van der Waals surface area contributed by atoms with Gasteiger partial charge in [0.25, 0.3) is 5.91 Å². The maximum Gasteiger partial charge on any atom is 0.290 e. The lowest BCUT2D eigenvalue weighted by molar-refractivity contribution is 0.0715. The number of fused-ring (bicyclic) bond motifs is 2. The molecule has 0 fully saturated rings. The minimum atomic E-state index is -0.542. The Morgan fingerprint density at radius 2 is 1.79 bits per heavy atom. The Labute approximate surface area is 162 Å². The Balaban J connectivity index is 1.97. The van der Waals surface area contributed by atoms with Crippen molar-refractivity contribution in [3.8, 4) is 5.75 Å². The van der Waals surface area contributed by atoms with Crippen molar-refractivity contribution in [1.29, 1.82) is 0 Å². The van der Waals surface area contributed by atoms with Crippen LogP contribution in [0.25, 0.3) is 11.0 Å². The molecule has 3 aromatic rings. The van der Waals surface area contributed by atoms with Crippen molar-refractivity contribution in [3.63, 3.8) is 0 Å². The predicted octanol–water partition coefficient (Wildman–Crippen LogP) is 2.91. The molecule has 0 unspecified atom stereocenters. The topological polar surface area (TPSA) is 63.0 Å². The molecular weight excluding hydrogens is 356 g/mol. The van der Waals surface area contributed by atoms with Gasteiger partial charge in [0.1, 0.15) is 11.3 Å². The minimum Gasteiger partial charge on any atom is -0.496 e. The SMILES string of the molecule is COc1ccccc1[C@@H]1c2c(oc3ccccc3c2=O)C(=O)N1CCN(C)C. The molecule has 6 nitrogen and oxygen atoms in total. The average molecular weight is 378 g/mol. The highest BCUT2D eigenvalue weighted by Gasteiger charge is 2.43. The number of carbonyl (C=O) groups is 1. The van der Waals surface area contributed by atoms with E-state index in [4.69, 9.17) is 9.15 Å². The van der Waals surface area contributed by atoms with Crippen LogP contribution in [0.15, 0.2) is 57.7 Å². The van der Waals surface area contributed by atoms with Crippen molar-refractivity contribution in [2.24, 2.45) is 0 Å². The summed E-state index contributed by atoms with van der Waals surface area (Å²) in [5, 5.41) is 0.475. The van der Waals surface area contributed by atoms with Crippen LogP contribution in [0.2, 0.25) is 0 Å². The second-order valence-corrected chi connectivity index (χ2v) is 7.12. The standard InChI is InChI=1S/C22H22N2O4/c1-23(2)12-13-24-19(14-8-4-6-10-16(14)27-3)18-20(25)15-9-5-7-11-17(15)28-21(18)22(24)26/h4-11,19H,12-13H2,1-3H3/t19-/m1/s1. The molecule has 144 valence electrons. The van der Waals surface area contributed by atoms with Crippen LogP contribution < -0.4 is 10.2 Å². The summed E-state index contributed by atoms with van der Waals surface area (Å²) in [6, 6.07) is 14.0. The first-order chi connectivity index (χ1) is 13.5. The van der Waals surface area contributed by atoms with Crippen LogP contribution in [-0.4, -0.2) is 50.0 Å². The van der Waals surface area contributed by atoms with E-state index in [1.807, 2.05) is 43.3 Å². The van der Waals surface area contributed by atoms with E-state index in [2.05, 4.69) is 0 Å². The molecule has 0 radical (unpaired) electrons. The first-order valence-electron chi connectivity index (χ1n) is 9.17. The maximum atomic E-state index is 13.3. The second-order valence-electron chi connectivity index (χ2n) is 7.12. The minimum absolute atomic E-state index is 0.123. The first-order valence-corrected chi connectivity index (χ1v) is 9.17. The molecule has 0 spiro atoms. The molecule has 28 heavy (non-hydrogen) atoms. The Hall–Kier alpha value is -3.12. The fourth-order valence-corrected chi connectivity index (χ4v) is 3.72. The van der Waals surface area contributed by atoms with Gasteiger partial charge in [0.2, 0.25) is 5.76 Å². The third-order valence-electron chi connectivity index (χ3n) is 5.09. The van der Waals surface area contributed by atoms with Gasteiger partial charge in [-0.3, -0.25) is 9.59 Å². The number of carbonyl (C=O) groups excluding carboxylic acids is 1. The summed E-state index contributed by atoms with van der Waals surface area (Å²) in [5.41, 5.74) is 1.41. The highest BCUT2D eigenvalue weighted by Crippen LogP contribution is 2.41. The summed E-state index contributed by atoms with van der Waals surface area (Å²) < 4.78 is 11.4. The van der Waals surface area contributed by atoms with Crippen molar-refractivity contribution in [3.05, 3.63) is 75.6 Å². The van der Waals surface area contributed by atoms with Gasteiger partial charge >= 0.3 is 0 Å². The summed E-state index contributed by atoms with van der Waals surface area (Å²) in [6.07, 6.45) is 0. The number of likely N-dealkylation sites (N-methyl/N-ethyl adjacent to an activating group) is 1. The fourth-order valence-electron chi connectivity index (χ4n) is 3.72. The van der Waals surface area contributed by atoms with Crippen LogP contribution in [0.1, 0.15) is 27.7 Å².